The van der Waals surface area contributed by atoms with E-state index in [4.69, 9.17) is 11.6 Å². The van der Waals surface area contributed by atoms with Crippen molar-refractivity contribution in [3.63, 3.8) is 0 Å². The topological polar surface area (TPSA) is 82.6 Å². The summed E-state index contributed by atoms with van der Waals surface area (Å²) >= 11 is 5.85. The first-order valence-electron chi connectivity index (χ1n) is 13.4. The Balaban J connectivity index is 1.59. The second-order valence-electron chi connectivity index (χ2n) is 10.9. The molecule has 3 aromatic rings. The molecule has 0 saturated heterocycles. The van der Waals surface area contributed by atoms with Crippen LogP contribution in [0.4, 0.5) is 30.2 Å². The number of fused-ring (bicyclic) bond motifs is 1. The second-order valence-corrected chi connectivity index (χ2v) is 11.3. The van der Waals surface area contributed by atoms with E-state index < -0.39 is 28.6 Å². The van der Waals surface area contributed by atoms with Gasteiger partial charge in [0, 0.05) is 40.9 Å². The van der Waals surface area contributed by atoms with E-state index in [2.05, 4.69) is 20.9 Å². The van der Waals surface area contributed by atoms with Gasteiger partial charge < -0.3 is 16.0 Å². The molecular formula is C31H32ClF3N4O2. The smallest absolute Gasteiger partial charge is 0.255 e. The van der Waals surface area contributed by atoms with Crippen molar-refractivity contribution in [1.82, 2.24) is 5.32 Å². The zero-order chi connectivity index (χ0) is 29.9. The maximum Gasteiger partial charge on any atom is 0.255 e. The van der Waals surface area contributed by atoms with Gasteiger partial charge in [0.2, 0.25) is 5.91 Å². The predicted octanol–water partition coefficient (Wildman–Crippen LogP) is 7.71. The summed E-state index contributed by atoms with van der Waals surface area (Å²) in [6.07, 6.45) is 2.21. The lowest BCUT2D eigenvalue weighted by Crippen LogP contribution is -2.34. The molecule has 3 aromatic carbocycles. The molecule has 0 saturated carbocycles. The molecule has 4 rings (SSSR count). The maximum atomic E-state index is 15.3. The Labute approximate surface area is 242 Å². The third-order valence-electron chi connectivity index (χ3n) is 6.78. The highest BCUT2D eigenvalue weighted by Gasteiger charge is 2.23. The van der Waals surface area contributed by atoms with Crippen LogP contribution in [0.15, 0.2) is 47.5 Å². The Morgan fingerprint density at radius 3 is 2.41 bits per heavy atom. The number of hydrogen-bond acceptors (Lipinski definition) is 3. The number of carbonyl (C=O) groups is 2. The molecule has 6 nitrogen and oxygen atoms in total. The maximum absolute atomic E-state index is 15.3. The van der Waals surface area contributed by atoms with Gasteiger partial charge in [0.05, 0.1) is 5.02 Å². The summed E-state index contributed by atoms with van der Waals surface area (Å²) in [6, 6.07) is 10.0. The molecule has 0 spiro atoms. The van der Waals surface area contributed by atoms with Gasteiger partial charge >= 0.3 is 0 Å². The van der Waals surface area contributed by atoms with Gasteiger partial charge in [-0.05, 0) is 66.8 Å². The lowest BCUT2D eigenvalue weighted by molar-refractivity contribution is -0.128. The van der Waals surface area contributed by atoms with Gasteiger partial charge in [0.1, 0.15) is 17.3 Å². The van der Waals surface area contributed by atoms with Crippen LogP contribution in [-0.4, -0.2) is 17.6 Å². The summed E-state index contributed by atoms with van der Waals surface area (Å²) in [5, 5.41) is 8.56. The van der Waals surface area contributed by atoms with Crippen molar-refractivity contribution in [1.29, 1.82) is 0 Å². The van der Waals surface area contributed by atoms with E-state index in [1.807, 2.05) is 13.0 Å². The lowest BCUT2D eigenvalue weighted by atomic mass is 9.95. The van der Waals surface area contributed by atoms with Crippen LogP contribution in [0.1, 0.15) is 67.6 Å². The van der Waals surface area contributed by atoms with Crippen molar-refractivity contribution < 1.29 is 22.8 Å². The second kappa shape index (κ2) is 12.3. The van der Waals surface area contributed by atoms with Gasteiger partial charge in [-0.2, -0.15) is 0 Å². The standard InChI is InChI=1S/C31H32ClF3N4O2/c1-5-17-14-25-18(13-21(17)29(40)37-20-10-12-23(33)22(32)15-20)7-6-8-26(38-25)39-28-24(34)11-9-19(27(28)35)16-36-30(41)31(2,3)4/h9-15H,5-8,16H2,1-4H3,(H,36,41)(H,37,40)(H,38,39). The number of nitrogens with zero attached hydrogens (tertiary/aromatic N) is 1. The normalized spacial score (nSPS) is 14.2. The van der Waals surface area contributed by atoms with Crippen LogP contribution in [0.2, 0.25) is 5.02 Å². The molecule has 3 N–H and O–H groups in total. The zero-order valence-electron chi connectivity index (χ0n) is 23.4. The Hall–Kier alpha value is -3.85. The van der Waals surface area contributed by atoms with Crippen LogP contribution in [-0.2, 0) is 24.2 Å². The number of aliphatic imine (C=N–C) groups is 1. The molecule has 0 bridgehead atoms. The first-order chi connectivity index (χ1) is 19.4. The van der Waals surface area contributed by atoms with Gasteiger partial charge in [-0.15, -0.1) is 0 Å². The molecule has 1 aliphatic heterocycles. The first kappa shape index (κ1) is 30.1. The number of nitrogens with one attached hydrogen (secondary N) is 3. The molecule has 0 aliphatic carbocycles. The highest BCUT2D eigenvalue weighted by atomic mass is 35.5. The Bertz CT molecular complexity index is 1530. The molecule has 0 radical (unpaired) electrons. The molecular weight excluding hydrogens is 553 g/mol. The molecule has 2 amide bonds. The highest BCUT2D eigenvalue weighted by molar-refractivity contribution is 6.31. The zero-order valence-corrected chi connectivity index (χ0v) is 24.1. The third-order valence-corrected chi connectivity index (χ3v) is 7.07. The molecule has 1 heterocycles. The monoisotopic (exact) mass is 584 g/mol. The number of anilines is 2. The highest BCUT2D eigenvalue weighted by Crippen LogP contribution is 2.31. The number of halogens is 4. The van der Waals surface area contributed by atoms with Gasteiger partial charge in [0.25, 0.3) is 5.91 Å². The molecule has 0 fully saturated rings. The number of aryl methyl sites for hydroxylation is 2. The van der Waals surface area contributed by atoms with Gasteiger partial charge in [-0.25, -0.2) is 18.2 Å². The largest absolute Gasteiger partial charge is 0.351 e. The third kappa shape index (κ3) is 7.08. The van der Waals surface area contributed by atoms with E-state index in [0.29, 0.717) is 48.5 Å². The number of amidine groups is 1. The Morgan fingerprint density at radius 1 is 1.00 bits per heavy atom. The Kier molecular flexibility index (Phi) is 9.07. The summed E-state index contributed by atoms with van der Waals surface area (Å²) in [6.45, 7) is 7.06. The quantitative estimate of drug-likeness (QED) is 0.277. The van der Waals surface area contributed by atoms with Crippen molar-refractivity contribution in [3.8, 4) is 0 Å². The minimum Gasteiger partial charge on any atom is -0.351 e. The van der Waals surface area contributed by atoms with Crippen molar-refractivity contribution >= 4 is 46.3 Å². The molecule has 216 valence electrons. The van der Waals surface area contributed by atoms with Crippen LogP contribution in [0.25, 0.3) is 0 Å². The number of benzene rings is 3. The van der Waals surface area contributed by atoms with Crippen LogP contribution >= 0.6 is 11.6 Å². The molecule has 0 unspecified atom stereocenters. The van der Waals surface area contributed by atoms with E-state index in [0.717, 1.165) is 17.2 Å². The van der Waals surface area contributed by atoms with Crippen molar-refractivity contribution in [3.05, 3.63) is 87.2 Å². The van der Waals surface area contributed by atoms with Crippen LogP contribution in [0.5, 0.6) is 0 Å². The summed E-state index contributed by atoms with van der Waals surface area (Å²) < 4.78 is 43.6. The first-order valence-corrected chi connectivity index (χ1v) is 13.8. The van der Waals surface area contributed by atoms with E-state index >= 15 is 4.39 Å². The van der Waals surface area contributed by atoms with Gasteiger partial charge in [-0.3, -0.25) is 9.59 Å². The van der Waals surface area contributed by atoms with E-state index in [1.54, 1.807) is 26.8 Å². The van der Waals surface area contributed by atoms with Crippen molar-refractivity contribution in [2.24, 2.45) is 10.4 Å². The SMILES string of the molecule is CCc1cc2c(cc1C(=O)Nc1ccc(F)c(Cl)c1)CCCC(=Nc1c(F)ccc(CNC(=O)C(C)(C)C)c1F)N2. The molecule has 1 aliphatic rings. The average Bonchev–Trinajstić information content (AvgIpc) is 3.12. The van der Waals surface area contributed by atoms with Crippen LogP contribution in [0.3, 0.4) is 0 Å². The number of rotatable bonds is 6. The van der Waals surface area contributed by atoms with Crippen LogP contribution in [0, 0.1) is 22.9 Å². The number of carbonyl (C=O) groups excluding carboxylic acids is 2. The van der Waals surface area contributed by atoms with Gasteiger partial charge in [0.15, 0.2) is 11.6 Å². The van der Waals surface area contributed by atoms with Gasteiger partial charge in [-0.1, -0.05) is 45.4 Å². The lowest BCUT2D eigenvalue weighted by Gasteiger charge is -2.18. The summed E-state index contributed by atoms with van der Waals surface area (Å²) in [5.41, 5.74) is 2.20. The minimum atomic E-state index is -0.833. The summed E-state index contributed by atoms with van der Waals surface area (Å²) in [4.78, 5) is 29.7. The fourth-order valence-corrected chi connectivity index (χ4v) is 4.61. The van der Waals surface area contributed by atoms with Crippen molar-refractivity contribution in [2.75, 3.05) is 10.6 Å². The fraction of sp³-hybridized carbons (Fsp3) is 0.323. The fourth-order valence-electron chi connectivity index (χ4n) is 4.43. The predicted molar refractivity (Wildman–Crippen MR) is 156 cm³/mol. The summed E-state index contributed by atoms with van der Waals surface area (Å²) in [5.74, 6) is -2.44. The Morgan fingerprint density at radius 2 is 1.73 bits per heavy atom. The molecule has 10 heteroatoms. The summed E-state index contributed by atoms with van der Waals surface area (Å²) in [7, 11) is 0. The average molecular weight is 585 g/mol. The van der Waals surface area contributed by atoms with E-state index in [-0.39, 0.29) is 28.9 Å². The van der Waals surface area contributed by atoms with E-state index in [1.165, 1.54) is 24.3 Å². The van der Waals surface area contributed by atoms with E-state index in [9.17, 15) is 18.4 Å². The van der Waals surface area contributed by atoms with Crippen LogP contribution < -0.4 is 16.0 Å². The number of amides is 2. The molecule has 0 aromatic heterocycles. The minimum absolute atomic E-state index is 0.0921. The number of hydrogen-bond donors (Lipinski definition) is 3. The van der Waals surface area contributed by atoms with Crippen molar-refractivity contribution in [2.45, 2.75) is 59.9 Å². The molecule has 41 heavy (non-hydrogen) atoms. The molecule has 0 atom stereocenters.